The van der Waals surface area contributed by atoms with Gasteiger partial charge < -0.3 is 9.80 Å². The van der Waals surface area contributed by atoms with E-state index >= 15 is 0 Å². The van der Waals surface area contributed by atoms with Gasteiger partial charge in [-0.25, -0.2) is 9.97 Å². The summed E-state index contributed by atoms with van der Waals surface area (Å²) in [5.74, 6) is 0.924. The van der Waals surface area contributed by atoms with Crippen molar-refractivity contribution < 1.29 is 0 Å². The predicted octanol–water partition coefficient (Wildman–Crippen LogP) is 1.03. The summed E-state index contributed by atoms with van der Waals surface area (Å²) in [5, 5.41) is 0. The van der Waals surface area contributed by atoms with E-state index in [0.717, 1.165) is 36.5 Å². The highest BCUT2D eigenvalue weighted by Gasteiger charge is 2.13. The van der Waals surface area contributed by atoms with Gasteiger partial charge in [0.25, 0.3) is 0 Å². The van der Waals surface area contributed by atoms with Crippen LogP contribution in [0.25, 0.3) is 0 Å². The van der Waals surface area contributed by atoms with Gasteiger partial charge in [-0.3, -0.25) is 0 Å². The van der Waals surface area contributed by atoms with Crippen LogP contribution in [0, 0.1) is 0 Å². The number of likely N-dealkylation sites (N-methyl/N-ethyl adjacent to an activating group) is 1. The minimum atomic E-state index is 0.871. The molecule has 0 bridgehead atoms. The minimum Gasteiger partial charge on any atom is -0.304 e. The fourth-order valence-electron chi connectivity index (χ4n) is 1.82. The molecule has 1 saturated heterocycles. The van der Waals surface area contributed by atoms with Crippen LogP contribution in [0.15, 0.2) is 16.9 Å². The number of rotatable bonds is 3. The first-order valence-electron chi connectivity index (χ1n) is 5.62. The second kappa shape index (κ2) is 5.70. The first kappa shape index (κ1) is 12.0. The Bertz CT molecular complexity index is 337. The van der Waals surface area contributed by atoms with Crippen molar-refractivity contribution >= 4 is 15.9 Å². The van der Waals surface area contributed by atoms with E-state index in [1.807, 2.05) is 6.07 Å². The normalized spacial score (nSPS) is 18.9. The molecule has 0 radical (unpaired) electrons. The summed E-state index contributed by atoms with van der Waals surface area (Å²) in [7, 11) is 2.18. The highest BCUT2D eigenvalue weighted by atomic mass is 79.9. The third-order valence-electron chi connectivity index (χ3n) is 2.92. The lowest BCUT2D eigenvalue weighted by atomic mass is 10.3. The van der Waals surface area contributed by atoms with Crippen molar-refractivity contribution in [3.8, 4) is 0 Å². The molecule has 2 heterocycles. The zero-order valence-electron chi connectivity index (χ0n) is 9.56. The Morgan fingerprint density at radius 2 is 2.06 bits per heavy atom. The Morgan fingerprint density at radius 1 is 1.31 bits per heavy atom. The molecule has 0 aromatic carbocycles. The molecular formula is C11H17BrN4. The number of hydrogen-bond donors (Lipinski definition) is 0. The second-order valence-electron chi connectivity index (χ2n) is 4.19. The van der Waals surface area contributed by atoms with Crippen molar-refractivity contribution in [3.63, 3.8) is 0 Å². The molecule has 4 nitrogen and oxygen atoms in total. The molecule has 1 aliphatic heterocycles. The fraction of sp³-hybridized carbons (Fsp3) is 0.636. The highest BCUT2D eigenvalue weighted by molar-refractivity contribution is 9.10. The number of halogens is 1. The van der Waals surface area contributed by atoms with Crippen LogP contribution in [-0.2, 0) is 6.42 Å². The third kappa shape index (κ3) is 3.50. The average molecular weight is 285 g/mol. The summed E-state index contributed by atoms with van der Waals surface area (Å²) in [6, 6.07) is 1.86. The maximum atomic E-state index is 4.34. The minimum absolute atomic E-state index is 0.871. The summed E-state index contributed by atoms with van der Waals surface area (Å²) in [4.78, 5) is 13.4. The Balaban J connectivity index is 1.79. The van der Waals surface area contributed by atoms with Crippen molar-refractivity contribution in [2.45, 2.75) is 6.42 Å². The van der Waals surface area contributed by atoms with Gasteiger partial charge in [0.2, 0.25) is 0 Å². The molecule has 0 amide bonds. The number of piperazine rings is 1. The number of hydrogen-bond acceptors (Lipinski definition) is 4. The van der Waals surface area contributed by atoms with E-state index in [2.05, 4.69) is 42.7 Å². The van der Waals surface area contributed by atoms with Crippen LogP contribution in [0.4, 0.5) is 0 Å². The van der Waals surface area contributed by atoms with E-state index in [-0.39, 0.29) is 0 Å². The van der Waals surface area contributed by atoms with Gasteiger partial charge in [-0.15, -0.1) is 0 Å². The molecule has 0 aliphatic carbocycles. The van der Waals surface area contributed by atoms with E-state index in [0.29, 0.717) is 0 Å². The monoisotopic (exact) mass is 284 g/mol. The van der Waals surface area contributed by atoms with E-state index in [9.17, 15) is 0 Å². The van der Waals surface area contributed by atoms with Crippen molar-refractivity contribution in [2.24, 2.45) is 0 Å². The standard InChI is InChI=1S/C11H17BrN4/c1-15-6-8-16(9-7-15)5-3-11-13-4-2-10(12)14-11/h2,4H,3,5-9H2,1H3. The molecule has 2 rings (SSSR count). The summed E-state index contributed by atoms with van der Waals surface area (Å²) in [5.41, 5.74) is 0. The van der Waals surface area contributed by atoms with Crippen LogP contribution < -0.4 is 0 Å². The molecule has 1 aromatic rings. The Morgan fingerprint density at radius 3 is 2.75 bits per heavy atom. The molecule has 16 heavy (non-hydrogen) atoms. The van der Waals surface area contributed by atoms with Gasteiger partial charge in [0, 0.05) is 45.3 Å². The fourth-order valence-corrected chi connectivity index (χ4v) is 2.15. The molecule has 0 N–H and O–H groups in total. The first-order valence-corrected chi connectivity index (χ1v) is 6.41. The van der Waals surface area contributed by atoms with Gasteiger partial charge in [0.1, 0.15) is 10.4 Å². The van der Waals surface area contributed by atoms with Crippen LogP contribution in [0.5, 0.6) is 0 Å². The van der Waals surface area contributed by atoms with E-state index in [4.69, 9.17) is 0 Å². The second-order valence-corrected chi connectivity index (χ2v) is 5.00. The molecule has 5 heteroatoms. The molecule has 0 spiro atoms. The Labute approximate surface area is 105 Å². The predicted molar refractivity (Wildman–Crippen MR) is 67.4 cm³/mol. The third-order valence-corrected chi connectivity index (χ3v) is 3.36. The van der Waals surface area contributed by atoms with Gasteiger partial charge >= 0.3 is 0 Å². The summed E-state index contributed by atoms with van der Waals surface area (Å²) >= 11 is 3.36. The van der Waals surface area contributed by atoms with Crippen LogP contribution in [0.3, 0.4) is 0 Å². The van der Waals surface area contributed by atoms with Crippen LogP contribution in [0.2, 0.25) is 0 Å². The van der Waals surface area contributed by atoms with Crippen molar-refractivity contribution in [2.75, 3.05) is 39.8 Å². The van der Waals surface area contributed by atoms with E-state index in [1.54, 1.807) is 6.20 Å². The summed E-state index contributed by atoms with van der Waals surface area (Å²) < 4.78 is 0.871. The molecule has 1 fully saturated rings. The van der Waals surface area contributed by atoms with Gasteiger partial charge in [-0.1, -0.05) is 0 Å². The zero-order valence-corrected chi connectivity index (χ0v) is 11.2. The van der Waals surface area contributed by atoms with E-state index in [1.165, 1.54) is 13.1 Å². The number of nitrogens with zero attached hydrogens (tertiary/aromatic N) is 4. The topological polar surface area (TPSA) is 32.3 Å². The lowest BCUT2D eigenvalue weighted by Gasteiger charge is -2.32. The molecule has 0 atom stereocenters. The SMILES string of the molecule is CN1CCN(CCc2nccc(Br)n2)CC1. The van der Waals surface area contributed by atoms with Crippen molar-refractivity contribution in [1.82, 2.24) is 19.8 Å². The maximum Gasteiger partial charge on any atom is 0.130 e. The quantitative estimate of drug-likeness (QED) is 0.777. The number of aromatic nitrogens is 2. The summed E-state index contributed by atoms with van der Waals surface area (Å²) in [6.45, 7) is 5.71. The smallest absolute Gasteiger partial charge is 0.130 e. The summed E-state index contributed by atoms with van der Waals surface area (Å²) in [6.07, 6.45) is 2.74. The van der Waals surface area contributed by atoms with Gasteiger partial charge in [-0.05, 0) is 29.0 Å². The molecule has 0 unspecified atom stereocenters. The first-order chi connectivity index (χ1) is 7.74. The Kier molecular flexibility index (Phi) is 4.26. The molecule has 1 aliphatic rings. The highest BCUT2D eigenvalue weighted by Crippen LogP contribution is 2.05. The molecule has 0 saturated carbocycles. The maximum absolute atomic E-state index is 4.34. The lowest BCUT2D eigenvalue weighted by molar-refractivity contribution is 0.155. The Hall–Kier alpha value is -0.520. The molecule has 88 valence electrons. The van der Waals surface area contributed by atoms with Gasteiger partial charge in [0.05, 0.1) is 0 Å². The molecular weight excluding hydrogens is 268 g/mol. The van der Waals surface area contributed by atoms with Gasteiger partial charge in [-0.2, -0.15) is 0 Å². The molecule has 1 aromatic heterocycles. The van der Waals surface area contributed by atoms with E-state index < -0.39 is 0 Å². The van der Waals surface area contributed by atoms with Gasteiger partial charge in [0.15, 0.2) is 0 Å². The van der Waals surface area contributed by atoms with Crippen LogP contribution in [0.1, 0.15) is 5.82 Å². The lowest BCUT2D eigenvalue weighted by Crippen LogP contribution is -2.45. The van der Waals surface area contributed by atoms with Crippen molar-refractivity contribution in [3.05, 3.63) is 22.7 Å². The largest absolute Gasteiger partial charge is 0.304 e. The van der Waals surface area contributed by atoms with Crippen LogP contribution >= 0.6 is 15.9 Å². The average Bonchev–Trinajstić information content (AvgIpc) is 2.28. The van der Waals surface area contributed by atoms with Crippen LogP contribution in [-0.4, -0.2) is 59.5 Å². The van der Waals surface area contributed by atoms with Crippen molar-refractivity contribution in [1.29, 1.82) is 0 Å². The zero-order chi connectivity index (χ0) is 11.4.